The van der Waals surface area contributed by atoms with E-state index in [2.05, 4.69) is 15.9 Å². The number of ether oxygens (including phenoxy) is 1. The van der Waals surface area contributed by atoms with Crippen molar-refractivity contribution in [2.75, 3.05) is 0 Å². The highest BCUT2D eigenvalue weighted by Gasteiger charge is 2.08. The number of terminal acetylenes is 1. The van der Waals surface area contributed by atoms with Gasteiger partial charge < -0.3 is 4.74 Å². The molecule has 2 aromatic rings. The monoisotopic (exact) mass is 242 g/mol. The van der Waals surface area contributed by atoms with E-state index >= 15 is 0 Å². The number of aromatic nitrogens is 2. The van der Waals surface area contributed by atoms with Gasteiger partial charge in [-0.2, -0.15) is 0 Å². The zero-order valence-electron chi connectivity index (χ0n) is 9.80. The van der Waals surface area contributed by atoms with Gasteiger partial charge in [0.2, 0.25) is 5.88 Å². The Bertz CT molecular complexity index is 592. The van der Waals surface area contributed by atoms with Gasteiger partial charge in [0.25, 0.3) is 0 Å². The average Bonchev–Trinajstić information content (AvgIpc) is 2.39. The van der Waals surface area contributed by atoms with E-state index in [4.69, 9.17) is 11.2 Å². The molecule has 1 unspecified atom stereocenters. The van der Waals surface area contributed by atoms with Crippen molar-refractivity contribution in [3.05, 3.63) is 42.5 Å². The normalized spacial score (nSPS) is 11.6. The van der Waals surface area contributed by atoms with Crippen molar-refractivity contribution >= 4 is 0 Å². The van der Waals surface area contributed by atoms with E-state index in [0.29, 0.717) is 17.1 Å². The largest absolute Gasteiger partial charge is 0.461 e. The fourth-order valence-electron chi connectivity index (χ4n) is 1.44. The quantitative estimate of drug-likeness (QED) is 0.776. The molecule has 3 nitrogen and oxygen atoms in total. The summed E-state index contributed by atoms with van der Waals surface area (Å²) in [6.45, 7) is 1.73. The second-order valence-electron chi connectivity index (χ2n) is 3.65. The Balaban J connectivity index is 2.34. The molecule has 0 fully saturated rings. The molecule has 0 aliphatic carbocycles. The number of nitrogens with zero attached hydrogens (tertiary/aromatic N) is 2. The van der Waals surface area contributed by atoms with Gasteiger partial charge in [-0.3, -0.25) is 0 Å². The molecule has 1 atom stereocenters. The Morgan fingerprint density at radius 2 is 2.11 bits per heavy atom. The average molecular weight is 242 g/mol. The third kappa shape index (κ3) is 2.64. The van der Waals surface area contributed by atoms with E-state index in [-0.39, 0.29) is 5.82 Å². The predicted molar refractivity (Wildman–Crippen MR) is 66.3 cm³/mol. The summed E-state index contributed by atoms with van der Waals surface area (Å²) < 4.78 is 19.0. The first kappa shape index (κ1) is 12.1. The van der Waals surface area contributed by atoms with E-state index in [1.54, 1.807) is 31.2 Å². The molecule has 0 N–H and O–H groups in total. The molecule has 0 spiro atoms. The van der Waals surface area contributed by atoms with Crippen LogP contribution in [0.1, 0.15) is 6.92 Å². The summed E-state index contributed by atoms with van der Waals surface area (Å²) in [6.07, 6.45) is 6.14. The number of hydrogen-bond acceptors (Lipinski definition) is 3. The molecule has 1 aromatic heterocycles. The lowest BCUT2D eigenvalue weighted by Gasteiger charge is -2.08. The van der Waals surface area contributed by atoms with E-state index < -0.39 is 6.10 Å². The maximum atomic E-state index is 13.6. The molecule has 0 bridgehead atoms. The van der Waals surface area contributed by atoms with Gasteiger partial charge in [-0.25, -0.2) is 14.4 Å². The van der Waals surface area contributed by atoms with E-state index in [9.17, 15) is 4.39 Å². The lowest BCUT2D eigenvalue weighted by atomic mass is 10.1. The van der Waals surface area contributed by atoms with Crippen molar-refractivity contribution in [2.45, 2.75) is 13.0 Å². The van der Waals surface area contributed by atoms with Gasteiger partial charge in [0.1, 0.15) is 12.1 Å². The van der Waals surface area contributed by atoms with Crippen molar-refractivity contribution in [1.29, 1.82) is 0 Å². The Labute approximate surface area is 105 Å². The molecule has 1 heterocycles. The molecule has 18 heavy (non-hydrogen) atoms. The summed E-state index contributed by atoms with van der Waals surface area (Å²) >= 11 is 0. The first-order chi connectivity index (χ1) is 8.70. The van der Waals surface area contributed by atoms with Crippen molar-refractivity contribution in [2.24, 2.45) is 0 Å². The minimum absolute atomic E-state index is 0.328. The third-order valence-electron chi connectivity index (χ3n) is 2.32. The SMILES string of the molecule is C#CC(C)Oc1cc(-c2ccccc2F)ncn1. The summed E-state index contributed by atoms with van der Waals surface area (Å²) in [5.74, 6) is 2.41. The first-order valence-electron chi connectivity index (χ1n) is 5.40. The van der Waals surface area contributed by atoms with Gasteiger partial charge >= 0.3 is 0 Å². The van der Waals surface area contributed by atoms with Gasteiger partial charge in [0.05, 0.1) is 5.69 Å². The molecule has 2 rings (SSSR count). The molecular formula is C14H11FN2O. The van der Waals surface area contributed by atoms with Gasteiger partial charge in [-0.05, 0) is 19.1 Å². The fraction of sp³-hybridized carbons (Fsp3) is 0.143. The third-order valence-corrected chi connectivity index (χ3v) is 2.32. The van der Waals surface area contributed by atoms with Crippen LogP contribution >= 0.6 is 0 Å². The predicted octanol–water partition coefficient (Wildman–Crippen LogP) is 2.68. The van der Waals surface area contributed by atoms with Crippen LogP contribution < -0.4 is 4.74 Å². The number of benzene rings is 1. The molecule has 0 saturated heterocycles. The summed E-state index contributed by atoms with van der Waals surface area (Å²) in [5.41, 5.74) is 0.862. The standard InChI is InChI=1S/C14H11FN2O/c1-3-10(2)18-14-8-13(16-9-17-14)11-6-4-5-7-12(11)15/h1,4-10H,2H3. The van der Waals surface area contributed by atoms with Crippen LogP contribution in [0.3, 0.4) is 0 Å². The molecule has 90 valence electrons. The van der Waals surface area contributed by atoms with Crippen LogP contribution in [-0.4, -0.2) is 16.1 Å². The highest BCUT2D eigenvalue weighted by atomic mass is 19.1. The topological polar surface area (TPSA) is 35.0 Å². The van der Waals surface area contributed by atoms with Crippen LogP contribution in [-0.2, 0) is 0 Å². The lowest BCUT2D eigenvalue weighted by molar-refractivity contribution is 0.267. The van der Waals surface area contributed by atoms with E-state index in [1.165, 1.54) is 12.4 Å². The van der Waals surface area contributed by atoms with Crippen LogP contribution in [0.2, 0.25) is 0 Å². The van der Waals surface area contributed by atoms with Crippen LogP contribution in [0.25, 0.3) is 11.3 Å². The Hall–Kier alpha value is -2.41. The van der Waals surface area contributed by atoms with Crippen molar-refractivity contribution in [3.63, 3.8) is 0 Å². The van der Waals surface area contributed by atoms with Crippen molar-refractivity contribution in [1.82, 2.24) is 9.97 Å². The Morgan fingerprint density at radius 3 is 2.83 bits per heavy atom. The lowest BCUT2D eigenvalue weighted by Crippen LogP contribution is -2.09. The van der Waals surface area contributed by atoms with E-state index in [0.717, 1.165) is 0 Å². The molecule has 0 saturated carbocycles. The zero-order chi connectivity index (χ0) is 13.0. The Kier molecular flexibility index (Phi) is 3.54. The van der Waals surface area contributed by atoms with Crippen LogP contribution in [0.15, 0.2) is 36.7 Å². The van der Waals surface area contributed by atoms with Gasteiger partial charge in [0, 0.05) is 11.6 Å². The molecular weight excluding hydrogens is 231 g/mol. The van der Waals surface area contributed by atoms with Crippen LogP contribution in [0.4, 0.5) is 4.39 Å². The molecule has 0 amide bonds. The molecule has 0 radical (unpaired) electrons. The minimum Gasteiger partial charge on any atom is -0.461 e. The fourth-order valence-corrected chi connectivity index (χ4v) is 1.44. The zero-order valence-corrected chi connectivity index (χ0v) is 9.80. The molecule has 0 aliphatic rings. The van der Waals surface area contributed by atoms with Gasteiger partial charge in [-0.1, -0.05) is 18.1 Å². The maximum absolute atomic E-state index is 13.6. The first-order valence-corrected chi connectivity index (χ1v) is 5.40. The van der Waals surface area contributed by atoms with Crippen molar-refractivity contribution in [3.8, 4) is 29.5 Å². The summed E-state index contributed by atoms with van der Waals surface area (Å²) in [7, 11) is 0. The van der Waals surface area contributed by atoms with Gasteiger partial charge in [-0.15, -0.1) is 6.42 Å². The Morgan fingerprint density at radius 1 is 1.33 bits per heavy atom. The summed E-state index contributed by atoms with van der Waals surface area (Å²) in [5, 5.41) is 0. The highest BCUT2D eigenvalue weighted by Crippen LogP contribution is 2.22. The second-order valence-corrected chi connectivity index (χ2v) is 3.65. The maximum Gasteiger partial charge on any atom is 0.218 e. The second kappa shape index (κ2) is 5.28. The molecule has 0 aliphatic heterocycles. The minimum atomic E-state index is -0.395. The van der Waals surface area contributed by atoms with Gasteiger partial charge in [0.15, 0.2) is 6.10 Å². The number of halogens is 1. The number of hydrogen-bond donors (Lipinski definition) is 0. The number of rotatable bonds is 3. The molecule has 4 heteroatoms. The van der Waals surface area contributed by atoms with Crippen LogP contribution in [0, 0.1) is 18.2 Å². The highest BCUT2D eigenvalue weighted by molar-refractivity contribution is 5.60. The van der Waals surface area contributed by atoms with Crippen molar-refractivity contribution < 1.29 is 9.13 Å². The molecule has 1 aromatic carbocycles. The summed E-state index contributed by atoms with van der Waals surface area (Å²) in [6, 6.07) is 7.95. The van der Waals surface area contributed by atoms with E-state index in [1.807, 2.05) is 0 Å². The smallest absolute Gasteiger partial charge is 0.218 e. The van der Waals surface area contributed by atoms with Crippen LogP contribution in [0.5, 0.6) is 5.88 Å². The summed E-state index contributed by atoms with van der Waals surface area (Å²) in [4.78, 5) is 7.95.